The van der Waals surface area contributed by atoms with Crippen molar-refractivity contribution in [3.05, 3.63) is 29.1 Å². The van der Waals surface area contributed by atoms with E-state index in [-0.39, 0.29) is 12.0 Å². The van der Waals surface area contributed by atoms with Crippen LogP contribution in [0.1, 0.15) is 29.4 Å². The van der Waals surface area contributed by atoms with Crippen molar-refractivity contribution < 1.29 is 14.3 Å². The highest BCUT2D eigenvalue weighted by Gasteiger charge is 2.21. The lowest BCUT2D eigenvalue weighted by atomic mass is 10.1. The molecule has 4 rings (SSSR count). The van der Waals surface area contributed by atoms with Gasteiger partial charge in [-0.25, -0.2) is 4.98 Å². The topological polar surface area (TPSA) is 86.5 Å². The molecule has 1 aliphatic rings. The van der Waals surface area contributed by atoms with Crippen LogP contribution in [0.5, 0.6) is 5.75 Å². The number of anilines is 1. The summed E-state index contributed by atoms with van der Waals surface area (Å²) in [7, 11) is 0. The Morgan fingerprint density at radius 3 is 3.12 bits per heavy atom. The average Bonchev–Trinajstić information content (AvgIpc) is 3.27. The molecular formula is C19H21N3O3S. The Kier molecular flexibility index (Phi) is 4.65. The van der Waals surface area contributed by atoms with E-state index in [1.165, 1.54) is 11.3 Å². The van der Waals surface area contributed by atoms with Crippen LogP contribution in [0.2, 0.25) is 0 Å². The van der Waals surface area contributed by atoms with Gasteiger partial charge in [-0.2, -0.15) is 0 Å². The standard InChI is InChI=1S/C19H21N3O3S/c1-2-24-12-5-6-15-11(8-12)9-14-16(20)17(26-19(14)22-15)18(23)21-10-13-4-3-7-25-13/h5-6,8-9,13H,2-4,7,10,20H2,1H3,(H,21,23)/t13-/m0/s1. The lowest BCUT2D eigenvalue weighted by molar-refractivity contribution is 0.0862. The molecule has 0 aliphatic carbocycles. The second-order valence-corrected chi connectivity index (χ2v) is 7.32. The Labute approximate surface area is 155 Å². The maximum atomic E-state index is 12.5. The summed E-state index contributed by atoms with van der Waals surface area (Å²) < 4.78 is 11.1. The molecule has 0 spiro atoms. The number of fused-ring (bicyclic) bond motifs is 2. The molecule has 2 aromatic heterocycles. The Morgan fingerprint density at radius 1 is 1.46 bits per heavy atom. The second-order valence-electron chi connectivity index (χ2n) is 6.32. The lowest BCUT2D eigenvalue weighted by Crippen LogP contribution is -2.31. The molecule has 1 saturated heterocycles. The van der Waals surface area contributed by atoms with E-state index >= 15 is 0 Å². The predicted octanol–water partition coefficient (Wildman–Crippen LogP) is 3.34. The number of rotatable bonds is 5. The fourth-order valence-electron chi connectivity index (χ4n) is 3.20. The number of nitrogens with two attached hydrogens (primary N) is 1. The maximum Gasteiger partial charge on any atom is 0.263 e. The highest BCUT2D eigenvalue weighted by Crippen LogP contribution is 2.35. The van der Waals surface area contributed by atoms with Gasteiger partial charge in [0.15, 0.2) is 0 Å². The van der Waals surface area contributed by atoms with Crippen LogP contribution in [0, 0.1) is 0 Å². The fourth-order valence-corrected chi connectivity index (χ4v) is 4.20. The first-order valence-corrected chi connectivity index (χ1v) is 9.62. The molecule has 7 heteroatoms. The highest BCUT2D eigenvalue weighted by molar-refractivity contribution is 7.21. The fraction of sp³-hybridized carbons (Fsp3) is 0.368. The molecule has 1 atom stereocenters. The number of pyridine rings is 1. The van der Waals surface area contributed by atoms with E-state index in [2.05, 4.69) is 10.3 Å². The van der Waals surface area contributed by atoms with Crippen LogP contribution in [-0.4, -0.2) is 36.8 Å². The highest BCUT2D eigenvalue weighted by atomic mass is 32.1. The van der Waals surface area contributed by atoms with Gasteiger partial charge in [-0.05, 0) is 44.0 Å². The van der Waals surface area contributed by atoms with Crippen LogP contribution in [0.4, 0.5) is 5.69 Å². The summed E-state index contributed by atoms with van der Waals surface area (Å²) in [6, 6.07) is 7.74. The molecule has 6 nitrogen and oxygen atoms in total. The van der Waals surface area contributed by atoms with Gasteiger partial charge in [0.2, 0.25) is 0 Å². The normalized spacial score (nSPS) is 17.0. The molecule has 3 heterocycles. The Hall–Kier alpha value is -2.38. The number of hydrogen-bond donors (Lipinski definition) is 2. The molecule has 0 bridgehead atoms. The van der Waals surface area contributed by atoms with Gasteiger partial charge in [0, 0.05) is 23.9 Å². The average molecular weight is 371 g/mol. The minimum absolute atomic E-state index is 0.104. The number of nitrogens with one attached hydrogen (secondary N) is 1. The number of thiophene rings is 1. The third-order valence-electron chi connectivity index (χ3n) is 4.52. The van der Waals surface area contributed by atoms with Gasteiger partial charge in [-0.15, -0.1) is 11.3 Å². The molecule has 0 unspecified atom stereocenters. The van der Waals surface area contributed by atoms with E-state index in [0.29, 0.717) is 23.7 Å². The SMILES string of the molecule is CCOc1ccc2nc3sc(C(=O)NC[C@@H]4CCCO4)c(N)c3cc2c1. The first kappa shape index (κ1) is 17.1. The number of nitrogen functional groups attached to an aromatic ring is 1. The molecule has 136 valence electrons. The number of amides is 1. The molecule has 1 fully saturated rings. The molecule has 26 heavy (non-hydrogen) atoms. The number of carbonyl (C=O) groups is 1. The van der Waals surface area contributed by atoms with Crippen LogP contribution in [0.15, 0.2) is 24.3 Å². The van der Waals surface area contributed by atoms with Gasteiger partial charge in [0.25, 0.3) is 5.91 Å². The van der Waals surface area contributed by atoms with Gasteiger partial charge in [-0.3, -0.25) is 4.79 Å². The minimum Gasteiger partial charge on any atom is -0.494 e. The van der Waals surface area contributed by atoms with E-state index in [9.17, 15) is 4.79 Å². The van der Waals surface area contributed by atoms with Crippen LogP contribution in [-0.2, 0) is 4.74 Å². The zero-order valence-corrected chi connectivity index (χ0v) is 15.4. The molecule has 1 amide bonds. The van der Waals surface area contributed by atoms with E-state index < -0.39 is 0 Å². The molecule has 3 N–H and O–H groups in total. The third kappa shape index (κ3) is 3.20. The molecule has 0 radical (unpaired) electrons. The van der Waals surface area contributed by atoms with E-state index in [1.807, 2.05) is 31.2 Å². The first-order valence-electron chi connectivity index (χ1n) is 8.81. The molecule has 3 aromatic rings. The summed E-state index contributed by atoms with van der Waals surface area (Å²) >= 11 is 1.32. The summed E-state index contributed by atoms with van der Waals surface area (Å²) in [5.74, 6) is 0.629. The minimum atomic E-state index is -0.167. The number of nitrogens with zero attached hydrogens (tertiary/aromatic N) is 1. The number of aromatic nitrogens is 1. The van der Waals surface area contributed by atoms with Gasteiger partial charge < -0.3 is 20.5 Å². The van der Waals surface area contributed by atoms with Crippen LogP contribution >= 0.6 is 11.3 Å². The van der Waals surface area contributed by atoms with Crippen molar-refractivity contribution in [1.29, 1.82) is 0 Å². The second kappa shape index (κ2) is 7.09. The van der Waals surface area contributed by atoms with Crippen molar-refractivity contribution in [2.45, 2.75) is 25.9 Å². The van der Waals surface area contributed by atoms with Gasteiger partial charge in [-0.1, -0.05) is 0 Å². The third-order valence-corrected chi connectivity index (χ3v) is 5.63. The summed E-state index contributed by atoms with van der Waals surface area (Å²) in [6.07, 6.45) is 2.13. The van der Waals surface area contributed by atoms with Crippen LogP contribution in [0.3, 0.4) is 0 Å². The summed E-state index contributed by atoms with van der Waals surface area (Å²) in [4.78, 5) is 18.5. The molecular weight excluding hydrogens is 350 g/mol. The zero-order valence-electron chi connectivity index (χ0n) is 14.6. The van der Waals surface area contributed by atoms with Gasteiger partial charge in [0.05, 0.1) is 23.9 Å². The molecule has 1 aromatic carbocycles. The molecule has 0 saturated carbocycles. The Morgan fingerprint density at radius 2 is 2.35 bits per heavy atom. The number of ether oxygens (including phenoxy) is 2. The first-order chi connectivity index (χ1) is 12.7. The smallest absolute Gasteiger partial charge is 0.263 e. The van der Waals surface area contributed by atoms with Crippen molar-refractivity contribution in [2.75, 3.05) is 25.5 Å². The Balaban J connectivity index is 1.64. The summed E-state index contributed by atoms with van der Waals surface area (Å²) in [6.45, 7) is 3.84. The van der Waals surface area contributed by atoms with Crippen molar-refractivity contribution in [3.8, 4) is 5.75 Å². The summed E-state index contributed by atoms with van der Waals surface area (Å²) in [5, 5.41) is 4.68. The van der Waals surface area contributed by atoms with Crippen molar-refractivity contribution in [1.82, 2.24) is 10.3 Å². The Bertz CT molecular complexity index is 963. The molecule has 1 aliphatic heterocycles. The van der Waals surface area contributed by atoms with Crippen molar-refractivity contribution >= 4 is 44.1 Å². The van der Waals surface area contributed by atoms with Gasteiger partial charge in [0.1, 0.15) is 15.5 Å². The van der Waals surface area contributed by atoms with E-state index in [4.69, 9.17) is 15.2 Å². The van der Waals surface area contributed by atoms with E-state index in [0.717, 1.165) is 46.3 Å². The van der Waals surface area contributed by atoms with Crippen LogP contribution < -0.4 is 15.8 Å². The largest absolute Gasteiger partial charge is 0.494 e. The number of hydrogen-bond acceptors (Lipinski definition) is 6. The van der Waals surface area contributed by atoms with Crippen LogP contribution in [0.25, 0.3) is 21.1 Å². The maximum absolute atomic E-state index is 12.5. The number of carbonyl (C=O) groups excluding carboxylic acids is 1. The van der Waals surface area contributed by atoms with Crippen molar-refractivity contribution in [3.63, 3.8) is 0 Å². The predicted molar refractivity (Wildman–Crippen MR) is 104 cm³/mol. The lowest BCUT2D eigenvalue weighted by Gasteiger charge is -2.10. The monoisotopic (exact) mass is 371 g/mol. The number of benzene rings is 1. The van der Waals surface area contributed by atoms with E-state index in [1.54, 1.807) is 0 Å². The van der Waals surface area contributed by atoms with Crippen molar-refractivity contribution in [2.24, 2.45) is 0 Å². The quantitative estimate of drug-likeness (QED) is 0.718. The van der Waals surface area contributed by atoms with Gasteiger partial charge >= 0.3 is 0 Å². The summed E-state index contributed by atoms with van der Waals surface area (Å²) in [5.41, 5.74) is 7.59. The zero-order chi connectivity index (χ0) is 18.1.